The Morgan fingerprint density at radius 1 is 1.17 bits per heavy atom. The molecule has 5 heteroatoms. The van der Waals surface area contributed by atoms with Gasteiger partial charge in [0.25, 0.3) is 5.91 Å². The van der Waals surface area contributed by atoms with Gasteiger partial charge in [0.2, 0.25) is 0 Å². The molecule has 0 atom stereocenters. The number of halogens is 2. The molecule has 2 rings (SSSR count). The van der Waals surface area contributed by atoms with Crippen molar-refractivity contribution in [3.8, 4) is 5.75 Å². The molecule has 1 amide bonds. The van der Waals surface area contributed by atoms with Gasteiger partial charge < -0.3 is 10.1 Å². The van der Waals surface area contributed by atoms with Crippen molar-refractivity contribution in [1.29, 1.82) is 0 Å². The lowest BCUT2D eigenvalue weighted by atomic mass is 9.87. The molecule has 1 N–H and O–H groups in total. The summed E-state index contributed by atoms with van der Waals surface area (Å²) in [4.78, 5) is 11.9. The van der Waals surface area contributed by atoms with E-state index in [4.69, 9.17) is 16.3 Å². The molecule has 0 fully saturated rings. The third-order valence-corrected chi connectivity index (χ3v) is 4.16. The van der Waals surface area contributed by atoms with Crippen LogP contribution in [-0.4, -0.2) is 12.5 Å². The second kappa shape index (κ2) is 7.37. The molecule has 0 saturated heterocycles. The van der Waals surface area contributed by atoms with Gasteiger partial charge >= 0.3 is 0 Å². The van der Waals surface area contributed by atoms with Crippen molar-refractivity contribution in [3.05, 3.63) is 57.5 Å². The second-order valence-corrected chi connectivity index (χ2v) is 7.53. The summed E-state index contributed by atoms with van der Waals surface area (Å²) in [5, 5.41) is 3.38. The van der Waals surface area contributed by atoms with Crippen molar-refractivity contribution in [2.75, 3.05) is 11.9 Å². The minimum atomic E-state index is -0.223. The van der Waals surface area contributed by atoms with Crippen molar-refractivity contribution in [2.45, 2.75) is 26.2 Å². The normalized spacial score (nSPS) is 11.2. The molecular formula is C18H19BrClNO2. The van der Waals surface area contributed by atoms with Crippen molar-refractivity contribution in [2.24, 2.45) is 0 Å². The molecular weight excluding hydrogens is 378 g/mol. The van der Waals surface area contributed by atoms with Crippen LogP contribution in [0.15, 0.2) is 46.9 Å². The Labute approximate surface area is 150 Å². The first kappa shape index (κ1) is 17.8. The summed E-state index contributed by atoms with van der Waals surface area (Å²) in [5.74, 6) is 0.420. The highest BCUT2D eigenvalue weighted by Gasteiger charge is 2.15. The van der Waals surface area contributed by atoms with Gasteiger partial charge in [0, 0.05) is 10.7 Å². The van der Waals surface area contributed by atoms with E-state index in [1.165, 1.54) is 5.56 Å². The average Bonchev–Trinajstić information content (AvgIpc) is 2.47. The van der Waals surface area contributed by atoms with Gasteiger partial charge in [0.15, 0.2) is 6.61 Å². The van der Waals surface area contributed by atoms with Gasteiger partial charge in [-0.3, -0.25) is 4.79 Å². The van der Waals surface area contributed by atoms with Crippen LogP contribution in [-0.2, 0) is 10.2 Å². The van der Waals surface area contributed by atoms with Gasteiger partial charge in [0.05, 0.1) is 4.47 Å². The number of hydrogen-bond acceptors (Lipinski definition) is 2. The summed E-state index contributed by atoms with van der Waals surface area (Å²) < 4.78 is 6.41. The number of carbonyl (C=O) groups excluding carboxylic acids is 1. The standard InChI is InChI=1S/C18H19BrClNO2/c1-18(2,3)12-4-9-16(15(19)10-12)23-11-17(22)21-14-7-5-13(20)6-8-14/h4-10H,11H2,1-3H3,(H,21,22). The quantitative estimate of drug-likeness (QED) is 0.749. The highest BCUT2D eigenvalue weighted by Crippen LogP contribution is 2.31. The zero-order chi connectivity index (χ0) is 17.0. The Morgan fingerprint density at radius 2 is 1.83 bits per heavy atom. The Balaban J connectivity index is 1.95. The molecule has 3 nitrogen and oxygen atoms in total. The van der Waals surface area contributed by atoms with E-state index in [1.807, 2.05) is 18.2 Å². The van der Waals surface area contributed by atoms with Crippen molar-refractivity contribution < 1.29 is 9.53 Å². The number of rotatable bonds is 4. The monoisotopic (exact) mass is 395 g/mol. The zero-order valence-electron chi connectivity index (χ0n) is 13.3. The van der Waals surface area contributed by atoms with E-state index in [0.717, 1.165) is 4.47 Å². The highest BCUT2D eigenvalue weighted by atomic mass is 79.9. The maximum Gasteiger partial charge on any atom is 0.262 e. The van der Waals surface area contributed by atoms with Crippen LogP contribution in [0.2, 0.25) is 5.02 Å². The number of ether oxygens (including phenoxy) is 1. The van der Waals surface area contributed by atoms with Crippen LogP contribution < -0.4 is 10.1 Å². The van der Waals surface area contributed by atoms with E-state index in [0.29, 0.717) is 16.5 Å². The highest BCUT2D eigenvalue weighted by molar-refractivity contribution is 9.10. The van der Waals surface area contributed by atoms with Gasteiger partial charge in [-0.1, -0.05) is 38.4 Å². The van der Waals surface area contributed by atoms with E-state index in [9.17, 15) is 4.79 Å². The minimum Gasteiger partial charge on any atom is -0.483 e. The lowest BCUT2D eigenvalue weighted by Gasteiger charge is -2.20. The molecule has 0 unspecified atom stereocenters. The molecule has 0 heterocycles. The SMILES string of the molecule is CC(C)(C)c1ccc(OCC(=O)Nc2ccc(Cl)cc2)c(Br)c1. The summed E-state index contributed by atoms with van der Waals surface area (Å²) in [7, 11) is 0. The topological polar surface area (TPSA) is 38.3 Å². The number of hydrogen-bond donors (Lipinski definition) is 1. The first-order valence-electron chi connectivity index (χ1n) is 7.24. The molecule has 0 aliphatic heterocycles. The van der Waals surface area contributed by atoms with Gasteiger partial charge in [-0.25, -0.2) is 0 Å². The summed E-state index contributed by atoms with van der Waals surface area (Å²) in [5.41, 5.74) is 1.94. The fourth-order valence-corrected chi connectivity index (χ4v) is 2.58. The summed E-state index contributed by atoms with van der Waals surface area (Å²) in [6.45, 7) is 6.38. The molecule has 0 saturated carbocycles. The molecule has 122 valence electrons. The van der Waals surface area contributed by atoms with E-state index in [2.05, 4.69) is 42.0 Å². The molecule has 0 aliphatic rings. The number of carbonyl (C=O) groups is 1. The summed E-state index contributed by atoms with van der Waals surface area (Å²) in [6, 6.07) is 12.8. The molecule has 2 aromatic carbocycles. The van der Waals surface area contributed by atoms with Crippen LogP contribution in [0, 0.1) is 0 Å². The summed E-state index contributed by atoms with van der Waals surface area (Å²) in [6.07, 6.45) is 0. The smallest absolute Gasteiger partial charge is 0.262 e. The molecule has 2 aromatic rings. The molecule has 0 spiro atoms. The second-order valence-electron chi connectivity index (χ2n) is 6.24. The molecule has 0 radical (unpaired) electrons. The van der Waals surface area contributed by atoms with Gasteiger partial charge in [-0.15, -0.1) is 0 Å². The molecule has 0 aromatic heterocycles. The first-order chi connectivity index (χ1) is 10.8. The van der Waals surface area contributed by atoms with Crippen molar-refractivity contribution in [1.82, 2.24) is 0 Å². The minimum absolute atomic E-state index is 0.0594. The van der Waals surface area contributed by atoms with Crippen LogP contribution in [0.25, 0.3) is 0 Å². The maximum absolute atomic E-state index is 11.9. The van der Waals surface area contributed by atoms with E-state index < -0.39 is 0 Å². The fourth-order valence-electron chi connectivity index (χ4n) is 1.96. The fraction of sp³-hybridized carbons (Fsp3) is 0.278. The predicted molar refractivity (Wildman–Crippen MR) is 98.4 cm³/mol. The van der Waals surface area contributed by atoms with Crippen LogP contribution >= 0.6 is 27.5 Å². The lowest BCUT2D eigenvalue weighted by Crippen LogP contribution is -2.20. The van der Waals surface area contributed by atoms with E-state index in [1.54, 1.807) is 24.3 Å². The zero-order valence-corrected chi connectivity index (χ0v) is 15.7. The lowest BCUT2D eigenvalue weighted by molar-refractivity contribution is -0.118. The van der Waals surface area contributed by atoms with E-state index in [-0.39, 0.29) is 17.9 Å². The summed E-state index contributed by atoms with van der Waals surface area (Å²) >= 11 is 9.30. The third-order valence-electron chi connectivity index (χ3n) is 3.28. The van der Waals surface area contributed by atoms with Gasteiger partial charge in [-0.2, -0.15) is 0 Å². The number of anilines is 1. The van der Waals surface area contributed by atoms with Gasteiger partial charge in [0.1, 0.15) is 5.75 Å². The van der Waals surface area contributed by atoms with Crippen LogP contribution in [0.4, 0.5) is 5.69 Å². The van der Waals surface area contributed by atoms with Crippen LogP contribution in [0.3, 0.4) is 0 Å². The molecule has 23 heavy (non-hydrogen) atoms. The molecule has 0 aliphatic carbocycles. The largest absolute Gasteiger partial charge is 0.483 e. The van der Waals surface area contributed by atoms with E-state index >= 15 is 0 Å². The van der Waals surface area contributed by atoms with Crippen LogP contribution in [0.1, 0.15) is 26.3 Å². The number of amides is 1. The first-order valence-corrected chi connectivity index (χ1v) is 8.41. The van der Waals surface area contributed by atoms with Crippen molar-refractivity contribution in [3.63, 3.8) is 0 Å². The Hall–Kier alpha value is -1.52. The molecule has 0 bridgehead atoms. The Kier molecular flexibility index (Phi) is 5.71. The number of benzene rings is 2. The average molecular weight is 397 g/mol. The maximum atomic E-state index is 11.9. The Bertz CT molecular complexity index is 693. The van der Waals surface area contributed by atoms with Crippen LogP contribution in [0.5, 0.6) is 5.75 Å². The van der Waals surface area contributed by atoms with Crippen molar-refractivity contribution >= 4 is 39.1 Å². The Morgan fingerprint density at radius 3 is 2.39 bits per heavy atom. The predicted octanol–water partition coefficient (Wildman–Crippen LogP) is 5.42. The third kappa shape index (κ3) is 5.26. The number of nitrogens with one attached hydrogen (secondary N) is 1. The van der Waals surface area contributed by atoms with Gasteiger partial charge in [-0.05, 0) is 63.3 Å².